The van der Waals surface area contributed by atoms with Crippen LogP contribution in [0.2, 0.25) is 0 Å². The zero-order chi connectivity index (χ0) is 9.80. The number of nitrogens with zero attached hydrogens (tertiary/aromatic N) is 4. The lowest BCUT2D eigenvalue weighted by atomic mass is 10.5. The summed E-state index contributed by atoms with van der Waals surface area (Å²) in [5.41, 5.74) is 5.48. The van der Waals surface area contributed by atoms with Gasteiger partial charge in [-0.3, -0.25) is 0 Å². The SMILES string of the molecule is Nc1cc(Nc2ncccn2)ncn1. The molecule has 2 rings (SSSR count). The standard InChI is InChI=1S/C8H8N6/c9-6-4-7(13-5-12-6)14-8-10-2-1-3-11-8/h1-5H,(H3,9,10,11,12,13,14). The van der Waals surface area contributed by atoms with Gasteiger partial charge in [-0.05, 0) is 6.07 Å². The van der Waals surface area contributed by atoms with Crippen LogP contribution in [-0.4, -0.2) is 19.9 Å². The second kappa shape index (κ2) is 3.65. The molecule has 0 saturated carbocycles. The molecular weight excluding hydrogens is 180 g/mol. The first-order valence-electron chi connectivity index (χ1n) is 3.96. The first-order valence-corrected chi connectivity index (χ1v) is 3.96. The number of rotatable bonds is 2. The van der Waals surface area contributed by atoms with E-state index in [2.05, 4.69) is 25.3 Å². The zero-order valence-corrected chi connectivity index (χ0v) is 7.25. The predicted octanol–water partition coefficient (Wildman–Crippen LogP) is 0.592. The number of hydrogen-bond donors (Lipinski definition) is 2. The average molecular weight is 188 g/mol. The minimum absolute atomic E-state index is 0.401. The minimum Gasteiger partial charge on any atom is -0.384 e. The molecule has 2 aromatic rings. The van der Waals surface area contributed by atoms with E-state index in [4.69, 9.17) is 5.73 Å². The maximum absolute atomic E-state index is 5.48. The summed E-state index contributed by atoms with van der Waals surface area (Å²) in [5, 5.41) is 2.89. The van der Waals surface area contributed by atoms with E-state index in [1.807, 2.05) is 0 Å². The van der Waals surface area contributed by atoms with E-state index in [1.54, 1.807) is 24.5 Å². The number of nitrogens with one attached hydrogen (secondary N) is 1. The van der Waals surface area contributed by atoms with Crippen LogP contribution in [-0.2, 0) is 0 Å². The Kier molecular flexibility index (Phi) is 2.18. The van der Waals surface area contributed by atoms with Crippen LogP contribution in [0.5, 0.6) is 0 Å². The molecule has 0 aliphatic carbocycles. The molecule has 70 valence electrons. The van der Waals surface area contributed by atoms with E-state index >= 15 is 0 Å². The Bertz CT molecular complexity index is 415. The molecule has 0 saturated heterocycles. The third-order valence-corrected chi connectivity index (χ3v) is 1.49. The van der Waals surface area contributed by atoms with Crippen LogP contribution in [0.4, 0.5) is 17.6 Å². The van der Waals surface area contributed by atoms with Crippen LogP contribution in [0.15, 0.2) is 30.9 Å². The molecule has 6 nitrogen and oxygen atoms in total. The minimum atomic E-state index is 0.401. The van der Waals surface area contributed by atoms with E-state index in [1.165, 1.54) is 6.33 Å². The van der Waals surface area contributed by atoms with Gasteiger partial charge >= 0.3 is 0 Å². The van der Waals surface area contributed by atoms with Gasteiger partial charge in [-0.1, -0.05) is 0 Å². The molecule has 6 heteroatoms. The van der Waals surface area contributed by atoms with Gasteiger partial charge in [-0.2, -0.15) is 0 Å². The quantitative estimate of drug-likeness (QED) is 0.717. The van der Waals surface area contributed by atoms with Crippen LogP contribution < -0.4 is 11.1 Å². The normalized spacial score (nSPS) is 9.71. The molecule has 0 unspecified atom stereocenters. The fraction of sp³-hybridized carbons (Fsp3) is 0. The Morgan fingerprint density at radius 1 is 1.07 bits per heavy atom. The van der Waals surface area contributed by atoms with E-state index in [9.17, 15) is 0 Å². The van der Waals surface area contributed by atoms with Crippen LogP contribution in [0.1, 0.15) is 0 Å². The topological polar surface area (TPSA) is 89.6 Å². The van der Waals surface area contributed by atoms with Gasteiger partial charge in [-0.25, -0.2) is 19.9 Å². The predicted molar refractivity (Wildman–Crippen MR) is 51.8 cm³/mol. The summed E-state index contributed by atoms with van der Waals surface area (Å²) in [5.74, 6) is 1.45. The molecule has 0 spiro atoms. The molecule has 0 radical (unpaired) electrons. The molecule has 14 heavy (non-hydrogen) atoms. The third-order valence-electron chi connectivity index (χ3n) is 1.49. The summed E-state index contributed by atoms with van der Waals surface area (Å²) in [6.45, 7) is 0. The number of anilines is 3. The molecule has 3 N–H and O–H groups in total. The Morgan fingerprint density at radius 3 is 2.57 bits per heavy atom. The van der Waals surface area contributed by atoms with E-state index in [0.717, 1.165) is 0 Å². The van der Waals surface area contributed by atoms with Crippen molar-refractivity contribution < 1.29 is 0 Å². The summed E-state index contributed by atoms with van der Waals surface area (Å²) >= 11 is 0. The number of nitrogen functional groups attached to an aromatic ring is 1. The van der Waals surface area contributed by atoms with Gasteiger partial charge < -0.3 is 11.1 Å². The second-order valence-corrected chi connectivity index (χ2v) is 2.53. The van der Waals surface area contributed by atoms with Crippen molar-refractivity contribution in [2.75, 3.05) is 11.1 Å². The molecule has 0 fully saturated rings. The largest absolute Gasteiger partial charge is 0.384 e. The van der Waals surface area contributed by atoms with Crippen molar-refractivity contribution in [2.24, 2.45) is 0 Å². The first-order chi connectivity index (χ1) is 6.84. The van der Waals surface area contributed by atoms with Crippen molar-refractivity contribution in [1.82, 2.24) is 19.9 Å². The highest BCUT2D eigenvalue weighted by molar-refractivity contribution is 5.51. The van der Waals surface area contributed by atoms with Crippen molar-refractivity contribution >= 4 is 17.6 Å². The van der Waals surface area contributed by atoms with Crippen molar-refractivity contribution in [2.45, 2.75) is 0 Å². The lowest BCUT2D eigenvalue weighted by molar-refractivity contribution is 1.12. The lowest BCUT2D eigenvalue weighted by Crippen LogP contribution is -1.99. The Balaban J connectivity index is 2.19. The molecule has 0 aromatic carbocycles. The lowest BCUT2D eigenvalue weighted by Gasteiger charge is -2.02. The molecule has 2 heterocycles. The second-order valence-electron chi connectivity index (χ2n) is 2.53. The Labute approximate surface area is 80.3 Å². The number of hydrogen-bond acceptors (Lipinski definition) is 6. The summed E-state index contributed by atoms with van der Waals surface area (Å²) < 4.78 is 0. The van der Waals surface area contributed by atoms with Crippen LogP contribution in [0.3, 0.4) is 0 Å². The van der Waals surface area contributed by atoms with E-state index in [-0.39, 0.29) is 0 Å². The molecule has 0 bridgehead atoms. The maximum atomic E-state index is 5.48. The molecule has 0 aliphatic rings. The fourth-order valence-corrected chi connectivity index (χ4v) is 0.919. The average Bonchev–Trinajstić information content (AvgIpc) is 2.19. The number of nitrogens with two attached hydrogens (primary N) is 1. The van der Waals surface area contributed by atoms with E-state index in [0.29, 0.717) is 17.6 Å². The third kappa shape index (κ3) is 1.92. The first kappa shape index (κ1) is 8.36. The van der Waals surface area contributed by atoms with Crippen molar-refractivity contribution in [3.05, 3.63) is 30.9 Å². The molecule has 0 atom stereocenters. The van der Waals surface area contributed by atoms with Gasteiger partial charge in [0.2, 0.25) is 5.95 Å². The van der Waals surface area contributed by atoms with Crippen LogP contribution in [0.25, 0.3) is 0 Å². The maximum Gasteiger partial charge on any atom is 0.228 e. The van der Waals surface area contributed by atoms with Crippen molar-refractivity contribution in [1.29, 1.82) is 0 Å². The van der Waals surface area contributed by atoms with Gasteiger partial charge in [0.05, 0.1) is 0 Å². The monoisotopic (exact) mass is 188 g/mol. The molecule has 0 aliphatic heterocycles. The molecule has 0 amide bonds. The van der Waals surface area contributed by atoms with Gasteiger partial charge in [-0.15, -0.1) is 0 Å². The smallest absolute Gasteiger partial charge is 0.228 e. The van der Waals surface area contributed by atoms with E-state index < -0.39 is 0 Å². The van der Waals surface area contributed by atoms with Crippen LogP contribution in [0, 0.1) is 0 Å². The summed E-state index contributed by atoms with van der Waals surface area (Å²) in [6, 6.07) is 3.34. The summed E-state index contributed by atoms with van der Waals surface area (Å²) in [6.07, 6.45) is 4.65. The molecule has 2 aromatic heterocycles. The van der Waals surface area contributed by atoms with Gasteiger partial charge in [0.25, 0.3) is 0 Å². The highest BCUT2D eigenvalue weighted by atomic mass is 15.1. The fourth-order valence-electron chi connectivity index (χ4n) is 0.919. The summed E-state index contributed by atoms with van der Waals surface area (Å²) in [4.78, 5) is 15.7. The van der Waals surface area contributed by atoms with Crippen molar-refractivity contribution in [3.63, 3.8) is 0 Å². The van der Waals surface area contributed by atoms with Crippen LogP contribution >= 0.6 is 0 Å². The highest BCUT2D eigenvalue weighted by Crippen LogP contribution is 2.09. The number of aromatic nitrogens is 4. The van der Waals surface area contributed by atoms with Gasteiger partial charge in [0, 0.05) is 18.5 Å². The summed E-state index contributed by atoms with van der Waals surface area (Å²) in [7, 11) is 0. The Morgan fingerprint density at radius 2 is 1.86 bits per heavy atom. The zero-order valence-electron chi connectivity index (χ0n) is 7.25. The van der Waals surface area contributed by atoms with Crippen molar-refractivity contribution in [3.8, 4) is 0 Å². The van der Waals surface area contributed by atoms with Gasteiger partial charge in [0.1, 0.15) is 18.0 Å². The van der Waals surface area contributed by atoms with Gasteiger partial charge in [0.15, 0.2) is 0 Å². The highest BCUT2D eigenvalue weighted by Gasteiger charge is 1.97. The Hall–Kier alpha value is -2.24. The molecular formula is C8H8N6.